The Balaban J connectivity index is 2.03. The van der Waals surface area contributed by atoms with Crippen molar-refractivity contribution in [2.45, 2.75) is 43.6 Å². The van der Waals surface area contributed by atoms with Crippen molar-refractivity contribution in [3.8, 4) is 11.1 Å². The van der Waals surface area contributed by atoms with Crippen LogP contribution in [0.2, 0.25) is 0 Å². The topological polar surface area (TPSA) is 84.4 Å². The van der Waals surface area contributed by atoms with Crippen molar-refractivity contribution in [1.82, 2.24) is 9.97 Å². The lowest BCUT2D eigenvalue weighted by molar-refractivity contribution is 0.0462. The summed E-state index contributed by atoms with van der Waals surface area (Å²) in [6, 6.07) is 4.69. The van der Waals surface area contributed by atoms with Crippen LogP contribution in [0, 0.1) is 5.82 Å². The highest BCUT2D eigenvalue weighted by molar-refractivity contribution is 8.14. The summed E-state index contributed by atoms with van der Waals surface area (Å²) < 4.78 is 13.9. The van der Waals surface area contributed by atoms with Crippen molar-refractivity contribution in [2.75, 3.05) is 0 Å². The quantitative estimate of drug-likeness (QED) is 0.879. The van der Waals surface area contributed by atoms with E-state index in [1.54, 1.807) is 38.4 Å². The molecule has 0 fully saturated rings. The van der Waals surface area contributed by atoms with E-state index in [-0.39, 0.29) is 11.9 Å². The molecule has 0 spiro atoms. The second-order valence-corrected chi connectivity index (χ2v) is 8.52. The molecule has 3 rings (SSSR count). The lowest BCUT2D eigenvalue weighted by Gasteiger charge is -2.39. The maximum absolute atomic E-state index is 14.3. The minimum absolute atomic E-state index is 0.327. The molecule has 0 unspecified atom stereocenters. The van der Waals surface area contributed by atoms with Gasteiger partial charge in [-0.05, 0) is 44.9 Å². The first-order valence-electron chi connectivity index (χ1n) is 7.99. The number of halogens is 1. The fraction of sp³-hybridized carbons (Fsp3) is 0.389. The third-order valence-electron chi connectivity index (χ3n) is 4.46. The van der Waals surface area contributed by atoms with E-state index in [1.807, 2.05) is 6.92 Å². The number of benzene rings is 1. The van der Waals surface area contributed by atoms with Gasteiger partial charge in [0.05, 0.1) is 11.6 Å². The summed E-state index contributed by atoms with van der Waals surface area (Å²) >= 11 is 1.43. The summed E-state index contributed by atoms with van der Waals surface area (Å²) in [5.41, 5.74) is 7.02. The molecule has 132 valence electrons. The van der Waals surface area contributed by atoms with Gasteiger partial charge in [-0.2, -0.15) is 0 Å². The molecule has 1 aromatic heterocycles. The summed E-state index contributed by atoms with van der Waals surface area (Å²) in [5.74, 6) is -0.330. The summed E-state index contributed by atoms with van der Waals surface area (Å²) in [6.45, 7) is 5.49. The Bertz CT molecular complexity index is 806. The maximum Gasteiger partial charge on any atom is 0.155 e. The maximum atomic E-state index is 14.3. The second kappa shape index (κ2) is 6.38. The molecule has 5 nitrogen and oxygen atoms in total. The van der Waals surface area contributed by atoms with Gasteiger partial charge < -0.3 is 10.8 Å². The van der Waals surface area contributed by atoms with Crippen LogP contribution in [0.15, 0.2) is 41.9 Å². The Hall–Kier alpha value is -1.99. The van der Waals surface area contributed by atoms with Crippen LogP contribution in [0.1, 0.15) is 32.8 Å². The molecule has 1 aliphatic heterocycles. The van der Waals surface area contributed by atoms with E-state index in [1.165, 1.54) is 24.2 Å². The Morgan fingerprint density at radius 1 is 1.32 bits per heavy atom. The Kier molecular flexibility index (Phi) is 4.55. The van der Waals surface area contributed by atoms with Gasteiger partial charge in [0.25, 0.3) is 0 Å². The molecular formula is C18H21FN4OS. The summed E-state index contributed by atoms with van der Waals surface area (Å²) in [4.78, 5) is 12.3. The van der Waals surface area contributed by atoms with Gasteiger partial charge in [-0.15, -0.1) is 0 Å². The molecule has 0 aliphatic carbocycles. The van der Waals surface area contributed by atoms with Gasteiger partial charge in [0.15, 0.2) is 5.17 Å². The average Bonchev–Trinajstić information content (AvgIpc) is 2.54. The summed E-state index contributed by atoms with van der Waals surface area (Å²) in [5, 5.41) is 10.8. The third-order valence-corrected chi connectivity index (χ3v) is 5.63. The summed E-state index contributed by atoms with van der Waals surface area (Å²) in [6.07, 6.45) is 5.18. The molecule has 2 heterocycles. The Morgan fingerprint density at radius 3 is 2.64 bits per heavy atom. The Labute approximate surface area is 150 Å². The monoisotopic (exact) mass is 360 g/mol. The van der Waals surface area contributed by atoms with Gasteiger partial charge in [-0.3, -0.25) is 4.99 Å². The van der Waals surface area contributed by atoms with Crippen molar-refractivity contribution < 1.29 is 9.50 Å². The van der Waals surface area contributed by atoms with Crippen LogP contribution in [-0.2, 0) is 4.75 Å². The van der Waals surface area contributed by atoms with Crippen LogP contribution in [0.5, 0.6) is 0 Å². The van der Waals surface area contributed by atoms with Crippen molar-refractivity contribution in [1.29, 1.82) is 0 Å². The van der Waals surface area contributed by atoms with Crippen molar-refractivity contribution >= 4 is 16.9 Å². The second-order valence-electron chi connectivity index (χ2n) is 7.00. The van der Waals surface area contributed by atoms with E-state index >= 15 is 0 Å². The van der Waals surface area contributed by atoms with E-state index < -0.39 is 10.3 Å². The predicted octanol–water partition coefficient (Wildman–Crippen LogP) is 3.09. The molecule has 0 radical (unpaired) electrons. The third kappa shape index (κ3) is 3.67. The number of rotatable bonds is 3. The van der Waals surface area contributed by atoms with Gasteiger partial charge in [-0.1, -0.05) is 17.8 Å². The molecule has 1 aromatic carbocycles. The Morgan fingerprint density at radius 2 is 2.00 bits per heavy atom. The average molecular weight is 360 g/mol. The number of thioether (sulfide) groups is 1. The molecule has 25 heavy (non-hydrogen) atoms. The van der Waals surface area contributed by atoms with Crippen molar-refractivity contribution in [3.05, 3.63) is 48.3 Å². The normalized spacial score (nSPS) is 24.0. The molecule has 0 amide bonds. The molecule has 2 aromatic rings. The van der Waals surface area contributed by atoms with E-state index in [9.17, 15) is 9.50 Å². The molecule has 2 atom stereocenters. The fourth-order valence-electron chi connectivity index (χ4n) is 2.97. The highest BCUT2D eigenvalue weighted by Crippen LogP contribution is 2.46. The zero-order valence-electron chi connectivity index (χ0n) is 14.4. The lowest BCUT2D eigenvalue weighted by atomic mass is 9.85. The van der Waals surface area contributed by atoms with Crippen LogP contribution in [0.4, 0.5) is 4.39 Å². The minimum atomic E-state index is -0.983. The number of aliphatic imine (C=N–C) groups is 1. The molecule has 1 aliphatic rings. The highest BCUT2D eigenvalue weighted by Gasteiger charge is 2.41. The number of nitrogens with zero attached hydrogens (tertiary/aromatic N) is 3. The predicted molar refractivity (Wildman–Crippen MR) is 98.7 cm³/mol. The molecule has 0 saturated heterocycles. The first kappa shape index (κ1) is 17.8. The van der Waals surface area contributed by atoms with Crippen molar-refractivity contribution in [2.24, 2.45) is 10.7 Å². The smallest absolute Gasteiger partial charge is 0.155 e. The number of hydrogen-bond donors (Lipinski definition) is 2. The first-order chi connectivity index (χ1) is 11.7. The summed E-state index contributed by atoms with van der Waals surface area (Å²) in [7, 11) is 0. The zero-order chi connectivity index (χ0) is 18.2. The number of hydrogen-bond acceptors (Lipinski definition) is 6. The van der Waals surface area contributed by atoms with E-state index in [2.05, 4.69) is 15.0 Å². The van der Waals surface area contributed by atoms with Gasteiger partial charge in [-0.25, -0.2) is 14.4 Å². The minimum Gasteiger partial charge on any atom is -0.388 e. The number of nitrogens with two attached hydrogens (primary N) is 1. The zero-order valence-corrected chi connectivity index (χ0v) is 15.2. The molecular weight excluding hydrogens is 339 g/mol. The molecule has 0 saturated carbocycles. The first-order valence-corrected chi connectivity index (χ1v) is 8.81. The fourth-order valence-corrected chi connectivity index (χ4v) is 4.09. The van der Waals surface area contributed by atoms with Crippen molar-refractivity contribution in [3.63, 3.8) is 0 Å². The largest absolute Gasteiger partial charge is 0.388 e. The van der Waals surface area contributed by atoms with Gasteiger partial charge in [0.1, 0.15) is 12.1 Å². The standard InChI is InChI=1S/C18H21FN4OS/c1-17(2,24)15-7-18(3,25-16(20)23-15)12-4-5-14(19)13(6-12)11-8-21-10-22-9-11/h4-6,8-10,15,24H,7H2,1-3H3,(H2,20,23)/t15-,18-/m0/s1. The van der Waals surface area contributed by atoms with E-state index in [0.717, 1.165) is 5.56 Å². The van der Waals surface area contributed by atoms with Crippen LogP contribution in [0.25, 0.3) is 11.1 Å². The number of amidine groups is 1. The van der Waals surface area contributed by atoms with Crippen LogP contribution >= 0.6 is 11.8 Å². The van der Waals surface area contributed by atoms with Crippen LogP contribution < -0.4 is 5.73 Å². The SMILES string of the molecule is CC(C)(O)[C@@H]1C[C@@](C)(c2ccc(F)c(-c3cncnc3)c2)SC(N)=N1. The molecule has 0 bridgehead atoms. The van der Waals surface area contributed by atoms with E-state index in [4.69, 9.17) is 5.73 Å². The highest BCUT2D eigenvalue weighted by atomic mass is 32.2. The number of aromatic nitrogens is 2. The molecule has 3 N–H and O–H groups in total. The number of aliphatic hydroxyl groups is 1. The lowest BCUT2D eigenvalue weighted by Crippen LogP contribution is -2.43. The van der Waals surface area contributed by atoms with Gasteiger partial charge >= 0.3 is 0 Å². The van der Waals surface area contributed by atoms with Gasteiger partial charge in [0, 0.05) is 28.3 Å². The van der Waals surface area contributed by atoms with Crippen LogP contribution in [-0.4, -0.2) is 31.9 Å². The van der Waals surface area contributed by atoms with Gasteiger partial charge in [0.2, 0.25) is 0 Å². The van der Waals surface area contributed by atoms with E-state index in [0.29, 0.717) is 22.7 Å². The van der Waals surface area contributed by atoms with Crippen LogP contribution in [0.3, 0.4) is 0 Å². The molecule has 7 heteroatoms.